The van der Waals surface area contributed by atoms with Gasteiger partial charge >= 0.3 is 12.4 Å². The van der Waals surface area contributed by atoms with Crippen LogP contribution in [0, 0.1) is 6.92 Å². The highest BCUT2D eigenvalue weighted by Crippen LogP contribution is 2.30. The van der Waals surface area contributed by atoms with Crippen LogP contribution in [0.4, 0.5) is 29.3 Å². The fourth-order valence-corrected chi connectivity index (χ4v) is 3.16. The molecule has 8 heteroatoms. The number of ether oxygens (including phenoxy) is 1. The van der Waals surface area contributed by atoms with E-state index in [9.17, 15) is 18.0 Å². The lowest BCUT2D eigenvalue weighted by Gasteiger charge is -2.20. The van der Waals surface area contributed by atoms with Crippen molar-refractivity contribution in [2.75, 3.05) is 29.9 Å². The monoisotopic (exact) mass is 379 g/mol. The van der Waals surface area contributed by atoms with Gasteiger partial charge in [0.05, 0.1) is 5.69 Å². The number of rotatable bonds is 5. The van der Waals surface area contributed by atoms with Crippen molar-refractivity contribution < 1.29 is 22.7 Å². The number of fused-ring (bicyclic) bond motifs is 1. The molecule has 0 aliphatic carbocycles. The minimum absolute atomic E-state index is 0.0468. The number of hydrogen-bond acceptors (Lipinski definition) is 3. The second kappa shape index (κ2) is 7.77. The van der Waals surface area contributed by atoms with Crippen LogP contribution in [0.2, 0.25) is 0 Å². The molecule has 0 atom stereocenters. The first-order chi connectivity index (χ1) is 12.8. The summed E-state index contributed by atoms with van der Waals surface area (Å²) in [5.74, 6) is -0.455. The zero-order chi connectivity index (χ0) is 19.4. The van der Waals surface area contributed by atoms with E-state index in [0.717, 1.165) is 19.0 Å². The van der Waals surface area contributed by atoms with Crippen LogP contribution in [0.25, 0.3) is 0 Å². The van der Waals surface area contributed by atoms with Gasteiger partial charge in [-0.15, -0.1) is 13.2 Å². The number of carbonyl (C=O) groups excluding carboxylic acids is 1. The van der Waals surface area contributed by atoms with Gasteiger partial charge in [-0.1, -0.05) is 24.3 Å². The van der Waals surface area contributed by atoms with Crippen LogP contribution in [0.5, 0.6) is 5.75 Å². The molecule has 1 aliphatic rings. The van der Waals surface area contributed by atoms with Gasteiger partial charge in [0.15, 0.2) is 5.75 Å². The van der Waals surface area contributed by atoms with Crippen molar-refractivity contribution in [1.82, 2.24) is 5.32 Å². The highest BCUT2D eigenvalue weighted by molar-refractivity contribution is 5.90. The highest BCUT2D eigenvalue weighted by atomic mass is 19.4. The fourth-order valence-electron chi connectivity index (χ4n) is 3.16. The Labute approximate surface area is 155 Å². The van der Waals surface area contributed by atoms with E-state index in [2.05, 4.69) is 39.3 Å². The molecule has 0 aromatic heterocycles. The van der Waals surface area contributed by atoms with Gasteiger partial charge < -0.3 is 20.3 Å². The number of hydrogen-bond donors (Lipinski definition) is 2. The highest BCUT2D eigenvalue weighted by Gasteiger charge is 2.32. The number of carbonyl (C=O) groups is 1. The van der Waals surface area contributed by atoms with Crippen LogP contribution in [0.1, 0.15) is 11.1 Å². The number of para-hydroxylation sites is 2. The molecule has 0 spiro atoms. The Balaban J connectivity index is 1.53. The van der Waals surface area contributed by atoms with E-state index in [-0.39, 0.29) is 5.69 Å². The van der Waals surface area contributed by atoms with Crippen molar-refractivity contribution in [3.05, 3.63) is 53.6 Å². The van der Waals surface area contributed by atoms with Crippen molar-refractivity contribution >= 4 is 17.4 Å². The minimum atomic E-state index is -4.82. The molecule has 1 heterocycles. The van der Waals surface area contributed by atoms with E-state index in [4.69, 9.17) is 0 Å². The molecule has 0 fully saturated rings. The number of nitrogens with zero attached hydrogens (tertiary/aromatic N) is 1. The first kappa shape index (κ1) is 18.9. The van der Waals surface area contributed by atoms with Gasteiger partial charge in [0.25, 0.3) is 0 Å². The predicted molar refractivity (Wildman–Crippen MR) is 97.2 cm³/mol. The zero-order valence-electron chi connectivity index (χ0n) is 14.8. The summed E-state index contributed by atoms with van der Waals surface area (Å²) in [5.41, 5.74) is 3.69. The zero-order valence-corrected chi connectivity index (χ0v) is 14.8. The maximum absolute atomic E-state index is 12.4. The normalized spacial score (nSPS) is 13.3. The van der Waals surface area contributed by atoms with Gasteiger partial charge in [0.2, 0.25) is 0 Å². The van der Waals surface area contributed by atoms with Gasteiger partial charge in [-0.2, -0.15) is 0 Å². The van der Waals surface area contributed by atoms with Crippen molar-refractivity contribution in [1.29, 1.82) is 0 Å². The largest absolute Gasteiger partial charge is 0.573 e. The molecule has 2 amide bonds. The van der Waals surface area contributed by atoms with E-state index in [1.54, 1.807) is 0 Å². The van der Waals surface area contributed by atoms with Crippen LogP contribution >= 0.6 is 0 Å². The molecule has 0 saturated heterocycles. The minimum Gasteiger partial charge on any atom is -0.404 e. The number of anilines is 2. The summed E-state index contributed by atoms with van der Waals surface area (Å²) >= 11 is 0. The van der Waals surface area contributed by atoms with Crippen LogP contribution in [0.15, 0.2) is 42.5 Å². The van der Waals surface area contributed by atoms with Gasteiger partial charge in [-0.3, -0.25) is 0 Å². The van der Waals surface area contributed by atoms with Crippen molar-refractivity contribution in [3.63, 3.8) is 0 Å². The maximum Gasteiger partial charge on any atom is 0.573 e. The van der Waals surface area contributed by atoms with Crippen molar-refractivity contribution in [2.24, 2.45) is 0 Å². The van der Waals surface area contributed by atoms with Crippen LogP contribution in [0.3, 0.4) is 0 Å². The molecular formula is C19H20F3N3O2. The van der Waals surface area contributed by atoms with Gasteiger partial charge in [-0.05, 0) is 42.7 Å². The lowest BCUT2D eigenvalue weighted by atomic mass is 10.1. The van der Waals surface area contributed by atoms with Crippen LogP contribution in [-0.4, -0.2) is 32.0 Å². The third-order valence-corrected chi connectivity index (χ3v) is 4.39. The third-order valence-electron chi connectivity index (χ3n) is 4.39. The summed E-state index contributed by atoms with van der Waals surface area (Å²) in [4.78, 5) is 14.2. The molecule has 144 valence electrons. The molecule has 3 rings (SSSR count). The Morgan fingerprint density at radius 2 is 1.96 bits per heavy atom. The number of amides is 2. The SMILES string of the molecule is Cc1cccc2c1CCN2CCNC(=O)Nc1ccccc1OC(F)(F)F. The fraction of sp³-hybridized carbons (Fsp3) is 0.316. The average molecular weight is 379 g/mol. The summed E-state index contributed by atoms with van der Waals surface area (Å²) in [7, 11) is 0. The first-order valence-electron chi connectivity index (χ1n) is 8.56. The first-order valence-corrected chi connectivity index (χ1v) is 8.56. The smallest absolute Gasteiger partial charge is 0.404 e. The van der Waals surface area contributed by atoms with Gasteiger partial charge in [-0.25, -0.2) is 4.79 Å². The molecule has 2 aromatic carbocycles. The summed E-state index contributed by atoms with van der Waals surface area (Å²) in [6.45, 7) is 3.94. The number of halogens is 3. The molecule has 2 N–H and O–H groups in total. The Morgan fingerprint density at radius 3 is 2.74 bits per heavy atom. The number of alkyl halides is 3. The second-order valence-corrected chi connectivity index (χ2v) is 6.23. The number of benzene rings is 2. The van der Waals surface area contributed by atoms with Gasteiger partial charge in [0.1, 0.15) is 0 Å². The van der Waals surface area contributed by atoms with Crippen LogP contribution < -0.4 is 20.3 Å². The topological polar surface area (TPSA) is 53.6 Å². The molecule has 0 saturated carbocycles. The van der Waals surface area contributed by atoms with E-state index in [1.807, 2.05) is 6.07 Å². The Bertz CT molecular complexity index is 824. The molecule has 1 aliphatic heterocycles. The summed E-state index contributed by atoms with van der Waals surface area (Å²) < 4.78 is 41.2. The van der Waals surface area contributed by atoms with E-state index in [0.29, 0.717) is 13.1 Å². The van der Waals surface area contributed by atoms with Crippen LogP contribution in [-0.2, 0) is 6.42 Å². The Kier molecular flexibility index (Phi) is 5.43. The van der Waals surface area contributed by atoms with Gasteiger partial charge in [0, 0.05) is 25.3 Å². The summed E-state index contributed by atoms with van der Waals surface area (Å²) in [6.07, 6.45) is -3.86. The number of urea groups is 1. The van der Waals surface area contributed by atoms with Crippen molar-refractivity contribution in [2.45, 2.75) is 19.7 Å². The molecule has 0 unspecified atom stereocenters. The molecule has 0 bridgehead atoms. The maximum atomic E-state index is 12.4. The Hall–Kier alpha value is -2.90. The van der Waals surface area contributed by atoms with E-state index in [1.165, 1.54) is 35.0 Å². The van der Waals surface area contributed by atoms with E-state index >= 15 is 0 Å². The molecule has 0 radical (unpaired) electrons. The lowest BCUT2D eigenvalue weighted by Crippen LogP contribution is -2.36. The second-order valence-electron chi connectivity index (χ2n) is 6.23. The molecule has 27 heavy (non-hydrogen) atoms. The molecule has 2 aromatic rings. The number of aryl methyl sites for hydroxylation is 1. The number of nitrogens with one attached hydrogen (secondary N) is 2. The average Bonchev–Trinajstić information content (AvgIpc) is 3.00. The van der Waals surface area contributed by atoms with E-state index < -0.39 is 18.1 Å². The lowest BCUT2D eigenvalue weighted by molar-refractivity contribution is -0.274. The third kappa shape index (κ3) is 4.84. The summed E-state index contributed by atoms with van der Waals surface area (Å²) in [5, 5.41) is 5.06. The summed E-state index contributed by atoms with van der Waals surface area (Å²) in [6, 6.07) is 11.0. The molecular weight excluding hydrogens is 359 g/mol. The quantitative estimate of drug-likeness (QED) is 0.823. The van der Waals surface area contributed by atoms with Crippen molar-refractivity contribution in [3.8, 4) is 5.75 Å². The standard InChI is InChI=1S/C19H20F3N3O2/c1-13-5-4-7-16-14(13)9-11-25(16)12-10-23-18(26)24-15-6-2-3-8-17(15)27-19(20,21)22/h2-8H,9-12H2,1H3,(H2,23,24,26). The Morgan fingerprint density at radius 1 is 1.19 bits per heavy atom. The molecule has 5 nitrogen and oxygen atoms in total. The predicted octanol–water partition coefficient (Wildman–Crippen LogP) is 4.08.